The zero-order chi connectivity index (χ0) is 12.3. The van der Waals surface area contributed by atoms with Crippen LogP contribution in [0.15, 0.2) is 0 Å². The van der Waals surface area contributed by atoms with Gasteiger partial charge in [-0.1, -0.05) is 12.8 Å². The minimum absolute atomic E-state index is 0.0659. The van der Waals surface area contributed by atoms with Crippen LogP contribution in [0, 0.1) is 5.92 Å². The van der Waals surface area contributed by atoms with Gasteiger partial charge in [-0.05, 0) is 32.1 Å². The second kappa shape index (κ2) is 5.83. The number of methoxy groups -OCH3 is 1. The third-order valence-corrected chi connectivity index (χ3v) is 4.22. The molecule has 1 saturated heterocycles. The molecule has 2 fully saturated rings. The molecule has 0 aromatic heterocycles. The second-order valence-corrected chi connectivity index (χ2v) is 5.40. The Bertz CT molecular complexity index is 264. The summed E-state index contributed by atoms with van der Waals surface area (Å²) >= 11 is 0. The van der Waals surface area contributed by atoms with Crippen molar-refractivity contribution in [3.05, 3.63) is 0 Å². The number of ether oxygens (including phenoxy) is 1. The maximum absolute atomic E-state index is 12.0. The summed E-state index contributed by atoms with van der Waals surface area (Å²) in [5.41, 5.74) is 0. The van der Waals surface area contributed by atoms with Gasteiger partial charge in [-0.15, -0.1) is 0 Å². The number of carbonyl (C=O) groups is 1. The number of carbonyl (C=O) groups excluding carboxylic acids is 1. The van der Waals surface area contributed by atoms with E-state index in [2.05, 4.69) is 17.6 Å². The number of nitrogens with one attached hydrogen (secondary N) is 2. The van der Waals surface area contributed by atoms with Gasteiger partial charge in [0.05, 0.1) is 12.1 Å². The lowest BCUT2D eigenvalue weighted by molar-refractivity contribution is -0.123. The van der Waals surface area contributed by atoms with Crippen molar-refractivity contribution >= 4 is 5.91 Å². The number of hydrogen-bond donors (Lipinski definition) is 2. The maximum atomic E-state index is 12.0. The van der Waals surface area contributed by atoms with Crippen LogP contribution in [0.3, 0.4) is 0 Å². The monoisotopic (exact) mass is 240 g/mol. The van der Waals surface area contributed by atoms with E-state index in [4.69, 9.17) is 4.74 Å². The lowest BCUT2D eigenvalue weighted by Crippen LogP contribution is -2.46. The fourth-order valence-corrected chi connectivity index (χ4v) is 2.98. The van der Waals surface area contributed by atoms with Gasteiger partial charge in [0, 0.05) is 19.7 Å². The summed E-state index contributed by atoms with van der Waals surface area (Å²) in [5, 5.41) is 6.37. The molecular weight excluding hydrogens is 216 g/mol. The van der Waals surface area contributed by atoms with Crippen LogP contribution in [-0.4, -0.2) is 37.7 Å². The van der Waals surface area contributed by atoms with Gasteiger partial charge in [0.1, 0.15) is 0 Å². The van der Waals surface area contributed by atoms with Crippen LogP contribution in [0.1, 0.15) is 39.0 Å². The summed E-state index contributed by atoms with van der Waals surface area (Å²) in [5.74, 6) is 0.822. The Morgan fingerprint density at radius 3 is 2.71 bits per heavy atom. The van der Waals surface area contributed by atoms with Gasteiger partial charge in [-0.2, -0.15) is 0 Å². The molecule has 0 radical (unpaired) electrons. The van der Waals surface area contributed by atoms with E-state index in [1.54, 1.807) is 7.11 Å². The molecule has 2 N–H and O–H groups in total. The van der Waals surface area contributed by atoms with Crippen molar-refractivity contribution in [2.24, 2.45) is 5.92 Å². The van der Waals surface area contributed by atoms with Crippen LogP contribution in [0.25, 0.3) is 0 Å². The van der Waals surface area contributed by atoms with Crippen LogP contribution in [0.5, 0.6) is 0 Å². The van der Waals surface area contributed by atoms with Crippen LogP contribution in [0.4, 0.5) is 0 Å². The van der Waals surface area contributed by atoms with Gasteiger partial charge >= 0.3 is 0 Å². The zero-order valence-electron chi connectivity index (χ0n) is 10.9. The molecule has 17 heavy (non-hydrogen) atoms. The predicted molar refractivity (Wildman–Crippen MR) is 66.8 cm³/mol. The fourth-order valence-electron chi connectivity index (χ4n) is 2.98. The number of amides is 1. The largest absolute Gasteiger partial charge is 0.380 e. The van der Waals surface area contributed by atoms with E-state index < -0.39 is 0 Å². The first kappa shape index (κ1) is 12.8. The molecule has 2 aliphatic rings. The lowest BCUT2D eigenvalue weighted by Gasteiger charge is -2.22. The Balaban J connectivity index is 1.76. The van der Waals surface area contributed by atoms with Gasteiger partial charge in [0.25, 0.3) is 0 Å². The van der Waals surface area contributed by atoms with E-state index in [0.717, 1.165) is 13.0 Å². The molecule has 1 aliphatic heterocycles. The molecule has 3 atom stereocenters. The quantitative estimate of drug-likeness (QED) is 0.772. The van der Waals surface area contributed by atoms with E-state index in [1.807, 2.05) is 0 Å². The van der Waals surface area contributed by atoms with Gasteiger partial charge in [-0.25, -0.2) is 0 Å². The summed E-state index contributed by atoms with van der Waals surface area (Å²) in [4.78, 5) is 12.0. The highest BCUT2D eigenvalue weighted by atomic mass is 16.5. The van der Waals surface area contributed by atoms with E-state index in [0.29, 0.717) is 12.0 Å². The predicted octanol–water partition coefficient (Wildman–Crippen LogP) is 1.06. The molecular formula is C13H24N2O2. The molecule has 0 aromatic carbocycles. The normalized spacial score (nSPS) is 31.6. The topological polar surface area (TPSA) is 50.4 Å². The summed E-state index contributed by atoms with van der Waals surface area (Å²) < 4.78 is 5.25. The number of rotatable bonds is 4. The highest BCUT2D eigenvalue weighted by Crippen LogP contribution is 2.27. The molecule has 1 heterocycles. The average molecular weight is 240 g/mol. The minimum atomic E-state index is -0.0659. The summed E-state index contributed by atoms with van der Waals surface area (Å²) in [7, 11) is 1.70. The minimum Gasteiger partial charge on any atom is -0.380 e. The first-order chi connectivity index (χ1) is 8.20. The number of hydrogen-bond acceptors (Lipinski definition) is 3. The van der Waals surface area contributed by atoms with Crippen molar-refractivity contribution in [3.63, 3.8) is 0 Å². The molecule has 0 aromatic rings. The molecule has 1 aliphatic carbocycles. The van der Waals surface area contributed by atoms with Crippen LogP contribution >= 0.6 is 0 Å². The standard InChI is InChI=1S/C13H24N2O2/c1-9(10-5-3-4-6-10)15-13(16)12-7-11(17-2)8-14-12/h9-12,14H,3-8H2,1-2H3,(H,15,16)/t9-,11?,12?/m1/s1. The van der Waals surface area contributed by atoms with Crippen LogP contribution < -0.4 is 10.6 Å². The first-order valence-electron chi connectivity index (χ1n) is 6.77. The highest BCUT2D eigenvalue weighted by Gasteiger charge is 2.31. The van der Waals surface area contributed by atoms with Gasteiger partial charge in [0.15, 0.2) is 0 Å². The maximum Gasteiger partial charge on any atom is 0.237 e. The van der Waals surface area contributed by atoms with Crippen molar-refractivity contribution < 1.29 is 9.53 Å². The molecule has 1 amide bonds. The Hall–Kier alpha value is -0.610. The van der Waals surface area contributed by atoms with Crippen molar-refractivity contribution in [1.82, 2.24) is 10.6 Å². The van der Waals surface area contributed by atoms with Crippen LogP contribution in [0.2, 0.25) is 0 Å². The van der Waals surface area contributed by atoms with E-state index in [9.17, 15) is 4.79 Å². The molecule has 2 unspecified atom stereocenters. The Morgan fingerprint density at radius 1 is 1.41 bits per heavy atom. The average Bonchev–Trinajstić information content (AvgIpc) is 3.00. The summed E-state index contributed by atoms with van der Waals surface area (Å²) in [6.07, 6.45) is 6.14. The van der Waals surface area contributed by atoms with E-state index >= 15 is 0 Å². The van der Waals surface area contributed by atoms with Crippen molar-refractivity contribution in [2.45, 2.75) is 57.2 Å². The SMILES string of the molecule is COC1CNC(C(=O)N[C@H](C)C2CCCC2)C1. The highest BCUT2D eigenvalue weighted by molar-refractivity contribution is 5.82. The Kier molecular flexibility index (Phi) is 4.40. The van der Waals surface area contributed by atoms with Crippen molar-refractivity contribution in [1.29, 1.82) is 0 Å². The first-order valence-corrected chi connectivity index (χ1v) is 6.77. The second-order valence-electron chi connectivity index (χ2n) is 5.40. The molecule has 98 valence electrons. The van der Waals surface area contributed by atoms with Crippen molar-refractivity contribution in [2.75, 3.05) is 13.7 Å². The van der Waals surface area contributed by atoms with Gasteiger partial charge in [0.2, 0.25) is 5.91 Å². The Morgan fingerprint density at radius 2 is 2.12 bits per heavy atom. The van der Waals surface area contributed by atoms with E-state index in [1.165, 1.54) is 25.7 Å². The third kappa shape index (κ3) is 3.19. The fraction of sp³-hybridized carbons (Fsp3) is 0.923. The third-order valence-electron chi connectivity index (χ3n) is 4.22. The van der Waals surface area contributed by atoms with Gasteiger partial charge in [-0.3, -0.25) is 4.79 Å². The molecule has 0 spiro atoms. The zero-order valence-corrected chi connectivity index (χ0v) is 10.9. The molecule has 1 saturated carbocycles. The van der Waals surface area contributed by atoms with Crippen molar-refractivity contribution in [3.8, 4) is 0 Å². The molecule has 2 rings (SSSR count). The smallest absolute Gasteiger partial charge is 0.237 e. The Labute approximate surface area is 103 Å². The van der Waals surface area contributed by atoms with E-state index in [-0.39, 0.29) is 18.1 Å². The van der Waals surface area contributed by atoms with Crippen LogP contribution in [-0.2, 0) is 9.53 Å². The molecule has 4 heteroatoms. The lowest BCUT2D eigenvalue weighted by atomic mass is 9.99. The summed E-state index contributed by atoms with van der Waals surface area (Å²) in [6, 6.07) is 0.247. The molecule has 0 bridgehead atoms. The summed E-state index contributed by atoms with van der Waals surface area (Å²) in [6.45, 7) is 2.92. The molecule has 4 nitrogen and oxygen atoms in total. The van der Waals surface area contributed by atoms with Gasteiger partial charge < -0.3 is 15.4 Å².